The Hall–Kier alpha value is -3.02. The summed E-state index contributed by atoms with van der Waals surface area (Å²) in [7, 11) is 0. The quantitative estimate of drug-likeness (QED) is 0.851. The number of carbonyl (C=O) groups is 3. The van der Waals surface area contributed by atoms with Crippen LogP contribution in [0.25, 0.3) is 0 Å². The Kier molecular flexibility index (Phi) is 4.12. The molecule has 2 aromatic rings. The summed E-state index contributed by atoms with van der Waals surface area (Å²) in [5.74, 6) is -2.02. The van der Waals surface area contributed by atoms with Crippen molar-refractivity contribution < 1.29 is 18.8 Å². The standard InChI is InChI=1S/C18H15FN2O3/c1-10(22)11-3-2-4-13(7-11)20-18(24)15-9-17(23)21-16-8-12(19)5-6-14(15)16/h2-8,15H,9H2,1H3,(H,20,24)(H,21,23)/t15-/m1/s1. The van der Waals surface area contributed by atoms with E-state index in [9.17, 15) is 18.8 Å². The minimum Gasteiger partial charge on any atom is -0.326 e. The molecule has 1 heterocycles. The van der Waals surface area contributed by atoms with E-state index in [1.807, 2.05) is 0 Å². The summed E-state index contributed by atoms with van der Waals surface area (Å²) in [6.07, 6.45) is -0.0170. The van der Waals surface area contributed by atoms with E-state index in [4.69, 9.17) is 0 Å². The van der Waals surface area contributed by atoms with E-state index < -0.39 is 11.7 Å². The molecule has 0 saturated carbocycles. The summed E-state index contributed by atoms with van der Waals surface area (Å²) in [5, 5.41) is 5.29. The fourth-order valence-electron chi connectivity index (χ4n) is 2.72. The van der Waals surface area contributed by atoms with Gasteiger partial charge in [0.25, 0.3) is 0 Å². The molecule has 0 saturated heterocycles. The predicted octanol–water partition coefficient (Wildman–Crippen LogP) is 3.09. The maximum atomic E-state index is 13.3. The van der Waals surface area contributed by atoms with Crippen molar-refractivity contribution in [2.45, 2.75) is 19.3 Å². The number of hydrogen-bond acceptors (Lipinski definition) is 3. The Morgan fingerprint density at radius 3 is 2.75 bits per heavy atom. The number of nitrogens with one attached hydrogen (secondary N) is 2. The molecule has 0 fully saturated rings. The number of halogens is 1. The smallest absolute Gasteiger partial charge is 0.232 e. The molecule has 6 heteroatoms. The van der Waals surface area contributed by atoms with Crippen molar-refractivity contribution in [3.8, 4) is 0 Å². The van der Waals surface area contributed by atoms with Gasteiger partial charge in [0, 0.05) is 23.4 Å². The highest BCUT2D eigenvalue weighted by atomic mass is 19.1. The van der Waals surface area contributed by atoms with E-state index >= 15 is 0 Å². The Labute approximate surface area is 137 Å². The van der Waals surface area contributed by atoms with Crippen molar-refractivity contribution >= 4 is 29.0 Å². The van der Waals surface area contributed by atoms with Gasteiger partial charge in [-0.05, 0) is 36.8 Å². The van der Waals surface area contributed by atoms with Crippen LogP contribution in [0.1, 0.15) is 35.2 Å². The van der Waals surface area contributed by atoms with E-state index in [1.54, 1.807) is 24.3 Å². The van der Waals surface area contributed by atoms with Gasteiger partial charge in [-0.25, -0.2) is 4.39 Å². The van der Waals surface area contributed by atoms with Gasteiger partial charge >= 0.3 is 0 Å². The van der Waals surface area contributed by atoms with Crippen molar-refractivity contribution in [3.05, 3.63) is 59.4 Å². The number of carbonyl (C=O) groups excluding carboxylic acids is 3. The SMILES string of the molecule is CC(=O)c1cccc(NC(=O)[C@@H]2CC(=O)Nc3cc(F)ccc32)c1. The van der Waals surface area contributed by atoms with Crippen molar-refractivity contribution in [1.29, 1.82) is 0 Å². The molecule has 24 heavy (non-hydrogen) atoms. The lowest BCUT2D eigenvalue weighted by Gasteiger charge is -2.25. The number of Topliss-reactive ketones (excluding diaryl/α,β-unsaturated/α-hetero) is 1. The molecule has 2 amide bonds. The highest BCUT2D eigenvalue weighted by Crippen LogP contribution is 2.33. The van der Waals surface area contributed by atoms with E-state index in [2.05, 4.69) is 10.6 Å². The number of fused-ring (bicyclic) bond motifs is 1. The molecule has 1 aliphatic heterocycles. The fraction of sp³-hybridized carbons (Fsp3) is 0.167. The van der Waals surface area contributed by atoms with Gasteiger partial charge in [0.2, 0.25) is 11.8 Å². The molecule has 0 bridgehead atoms. The molecule has 0 spiro atoms. The normalized spacial score (nSPS) is 16.1. The first-order chi connectivity index (χ1) is 11.4. The lowest BCUT2D eigenvalue weighted by atomic mass is 9.89. The van der Waals surface area contributed by atoms with Crippen LogP contribution in [0.5, 0.6) is 0 Å². The summed E-state index contributed by atoms with van der Waals surface area (Å²) in [6.45, 7) is 1.44. The minimum atomic E-state index is -0.713. The number of hydrogen-bond donors (Lipinski definition) is 2. The van der Waals surface area contributed by atoms with Gasteiger partial charge in [-0.1, -0.05) is 18.2 Å². The summed E-state index contributed by atoms with van der Waals surface area (Å²) < 4.78 is 13.3. The third-order valence-electron chi connectivity index (χ3n) is 3.91. The average molecular weight is 326 g/mol. The van der Waals surface area contributed by atoms with Gasteiger partial charge in [-0.15, -0.1) is 0 Å². The summed E-state index contributed by atoms with van der Waals surface area (Å²) >= 11 is 0. The first-order valence-electron chi connectivity index (χ1n) is 7.45. The van der Waals surface area contributed by atoms with Crippen LogP contribution in [0.4, 0.5) is 15.8 Å². The monoisotopic (exact) mass is 326 g/mol. The zero-order valence-corrected chi connectivity index (χ0v) is 12.9. The maximum Gasteiger partial charge on any atom is 0.232 e. The number of anilines is 2. The number of rotatable bonds is 3. The third-order valence-corrected chi connectivity index (χ3v) is 3.91. The van der Waals surface area contributed by atoms with Crippen molar-refractivity contribution in [2.75, 3.05) is 10.6 Å². The van der Waals surface area contributed by atoms with Crippen LogP contribution < -0.4 is 10.6 Å². The van der Waals surface area contributed by atoms with Crippen LogP contribution in [0, 0.1) is 5.82 Å². The van der Waals surface area contributed by atoms with Crippen LogP contribution in [0.3, 0.4) is 0 Å². The van der Waals surface area contributed by atoms with Gasteiger partial charge in [-0.3, -0.25) is 14.4 Å². The van der Waals surface area contributed by atoms with Gasteiger partial charge in [0.15, 0.2) is 5.78 Å². The topological polar surface area (TPSA) is 75.3 Å². The van der Waals surface area contributed by atoms with Gasteiger partial charge in [-0.2, -0.15) is 0 Å². The zero-order chi connectivity index (χ0) is 17.3. The molecule has 0 aromatic heterocycles. The van der Waals surface area contributed by atoms with Crippen molar-refractivity contribution in [2.24, 2.45) is 0 Å². The summed E-state index contributed by atoms with van der Waals surface area (Å²) in [4.78, 5) is 35.8. The second kappa shape index (κ2) is 6.23. The predicted molar refractivity (Wildman–Crippen MR) is 87.5 cm³/mol. The van der Waals surface area contributed by atoms with E-state index in [0.717, 1.165) is 0 Å². The lowest BCUT2D eigenvalue weighted by Crippen LogP contribution is -2.30. The van der Waals surface area contributed by atoms with E-state index in [-0.39, 0.29) is 24.0 Å². The Bertz CT molecular complexity index is 848. The first kappa shape index (κ1) is 15.9. The highest BCUT2D eigenvalue weighted by molar-refractivity contribution is 6.05. The molecular weight excluding hydrogens is 311 g/mol. The Morgan fingerprint density at radius 1 is 1.21 bits per heavy atom. The molecule has 0 unspecified atom stereocenters. The Morgan fingerprint density at radius 2 is 2.00 bits per heavy atom. The molecule has 5 nitrogen and oxygen atoms in total. The van der Waals surface area contributed by atoms with Gasteiger partial charge < -0.3 is 10.6 Å². The zero-order valence-electron chi connectivity index (χ0n) is 12.9. The van der Waals surface area contributed by atoms with E-state index in [1.165, 1.54) is 25.1 Å². The summed E-state index contributed by atoms with van der Waals surface area (Å²) in [6, 6.07) is 10.5. The number of amides is 2. The molecule has 1 aliphatic rings. The fourth-order valence-corrected chi connectivity index (χ4v) is 2.72. The van der Waals surface area contributed by atoms with Crippen molar-refractivity contribution in [3.63, 3.8) is 0 Å². The Balaban J connectivity index is 1.87. The van der Waals surface area contributed by atoms with Crippen molar-refractivity contribution in [1.82, 2.24) is 0 Å². The molecule has 122 valence electrons. The second-order valence-corrected chi connectivity index (χ2v) is 5.66. The number of ketones is 1. The first-order valence-corrected chi connectivity index (χ1v) is 7.45. The lowest BCUT2D eigenvalue weighted by molar-refractivity contribution is -0.123. The van der Waals surface area contributed by atoms with Gasteiger partial charge in [0.05, 0.1) is 5.92 Å². The number of benzene rings is 2. The van der Waals surface area contributed by atoms with Crippen LogP contribution >= 0.6 is 0 Å². The largest absolute Gasteiger partial charge is 0.326 e. The van der Waals surface area contributed by atoms with Gasteiger partial charge in [0.1, 0.15) is 5.82 Å². The van der Waals surface area contributed by atoms with E-state index in [0.29, 0.717) is 22.5 Å². The molecule has 0 radical (unpaired) electrons. The van der Waals surface area contributed by atoms with Crippen LogP contribution in [0.15, 0.2) is 42.5 Å². The minimum absolute atomic E-state index is 0.0170. The molecule has 0 aliphatic carbocycles. The average Bonchev–Trinajstić information content (AvgIpc) is 2.53. The second-order valence-electron chi connectivity index (χ2n) is 5.66. The third kappa shape index (κ3) is 3.17. The molecular formula is C18H15FN2O3. The van der Waals surface area contributed by atoms with Crippen LogP contribution in [0.2, 0.25) is 0 Å². The van der Waals surface area contributed by atoms with Crippen LogP contribution in [-0.4, -0.2) is 17.6 Å². The molecule has 3 rings (SSSR count). The molecule has 2 N–H and O–H groups in total. The van der Waals surface area contributed by atoms with Crippen LogP contribution in [-0.2, 0) is 9.59 Å². The summed E-state index contributed by atoms with van der Waals surface area (Å²) in [5.41, 5.74) is 1.83. The highest BCUT2D eigenvalue weighted by Gasteiger charge is 2.31. The maximum absolute atomic E-state index is 13.3. The molecule has 2 aromatic carbocycles. The molecule has 1 atom stereocenters.